The molecule has 1 aromatic rings. The van der Waals surface area contributed by atoms with Crippen molar-refractivity contribution in [1.82, 2.24) is 0 Å². The number of hydrogen-bond acceptors (Lipinski definition) is 2. The predicted octanol–water partition coefficient (Wildman–Crippen LogP) is 3.27. The lowest BCUT2D eigenvalue weighted by atomic mass is 9.99. The van der Waals surface area contributed by atoms with E-state index in [2.05, 4.69) is 15.0 Å². The smallest absolute Gasteiger partial charge is 0.573 e. The fourth-order valence-corrected chi connectivity index (χ4v) is 1.92. The van der Waals surface area contributed by atoms with Gasteiger partial charge in [0.15, 0.2) is 0 Å². The van der Waals surface area contributed by atoms with Crippen LogP contribution in [0.25, 0.3) is 10.9 Å². The summed E-state index contributed by atoms with van der Waals surface area (Å²) in [5, 5.41) is 12.5. The molecule has 23 heavy (non-hydrogen) atoms. The summed E-state index contributed by atoms with van der Waals surface area (Å²) < 4.78 is 41.3. The van der Waals surface area contributed by atoms with Gasteiger partial charge in [0, 0.05) is 5.56 Å². The van der Waals surface area contributed by atoms with Crippen molar-refractivity contribution in [3.05, 3.63) is 53.5 Å². The molecule has 3 N–H and O–H groups in total. The molecule has 0 aliphatic carbocycles. The number of benzene rings is 1. The van der Waals surface area contributed by atoms with Gasteiger partial charge in [-0.1, -0.05) is 30.4 Å². The fraction of sp³-hybridized carbons (Fsp3) is 0.143. The molecule has 1 aliphatic rings. The topological polar surface area (TPSA) is 99.0 Å². The molecule has 0 aromatic heterocycles. The first-order chi connectivity index (χ1) is 10.8. The molecule has 6 nitrogen and oxygen atoms in total. The van der Waals surface area contributed by atoms with Crippen molar-refractivity contribution in [2.75, 3.05) is 0 Å². The zero-order chi connectivity index (χ0) is 17.0. The van der Waals surface area contributed by atoms with Crippen molar-refractivity contribution >= 4 is 17.5 Å². The molecule has 0 saturated heterocycles. The van der Waals surface area contributed by atoms with E-state index in [9.17, 15) is 18.0 Å². The van der Waals surface area contributed by atoms with Gasteiger partial charge in [0.1, 0.15) is 5.75 Å². The number of para-hydroxylation sites is 1. The number of allylic oxidation sites excluding steroid dienone is 2. The summed E-state index contributed by atoms with van der Waals surface area (Å²) in [5.41, 5.74) is 6.04. The SMILES string of the molecule is NC(=NC(=O)O)C1C=C(c2ccccc2OC(F)(F)F)C=C[N-]1. The maximum absolute atomic E-state index is 12.5. The van der Waals surface area contributed by atoms with Gasteiger partial charge < -0.3 is 20.9 Å². The highest BCUT2D eigenvalue weighted by atomic mass is 19.4. The van der Waals surface area contributed by atoms with E-state index < -0.39 is 18.5 Å². The highest BCUT2D eigenvalue weighted by molar-refractivity contribution is 5.99. The summed E-state index contributed by atoms with van der Waals surface area (Å²) in [4.78, 5) is 13.7. The van der Waals surface area contributed by atoms with Crippen LogP contribution in [-0.2, 0) is 0 Å². The molecule has 0 radical (unpaired) electrons. The Kier molecular flexibility index (Phi) is 4.58. The van der Waals surface area contributed by atoms with Crippen LogP contribution < -0.4 is 10.5 Å². The van der Waals surface area contributed by atoms with Crippen LogP contribution in [-0.4, -0.2) is 29.4 Å². The number of nitrogens with zero attached hydrogens (tertiary/aromatic N) is 2. The number of ether oxygens (including phenoxy) is 1. The lowest BCUT2D eigenvalue weighted by Crippen LogP contribution is -2.28. The van der Waals surface area contributed by atoms with Gasteiger partial charge in [-0.3, -0.25) is 0 Å². The van der Waals surface area contributed by atoms with Crippen LogP contribution >= 0.6 is 0 Å². The highest BCUT2D eigenvalue weighted by Crippen LogP contribution is 2.33. The van der Waals surface area contributed by atoms with Crippen molar-refractivity contribution in [3.8, 4) is 5.75 Å². The number of carbonyl (C=O) groups is 1. The molecule has 122 valence electrons. The van der Waals surface area contributed by atoms with E-state index in [1.165, 1.54) is 36.6 Å². The van der Waals surface area contributed by atoms with Gasteiger partial charge in [-0.25, -0.2) is 4.79 Å². The molecule has 9 heteroatoms. The summed E-state index contributed by atoms with van der Waals surface area (Å²) in [5.74, 6) is -0.668. The van der Waals surface area contributed by atoms with Gasteiger partial charge in [0.2, 0.25) is 0 Å². The number of amides is 1. The minimum absolute atomic E-state index is 0.170. The van der Waals surface area contributed by atoms with Crippen molar-refractivity contribution in [2.45, 2.75) is 12.4 Å². The Hall–Kier alpha value is -2.97. The van der Waals surface area contributed by atoms with E-state index in [0.717, 1.165) is 0 Å². The lowest BCUT2D eigenvalue weighted by Gasteiger charge is -2.30. The standard InChI is InChI=1S/C14H11F3N3O3/c15-14(16,17)23-11-4-2-1-3-9(11)8-5-6-19-10(7-8)12(18)20-13(21)22/h1-7,10H,(H2,18,20)(H,21,22)/q-1. The normalized spacial score (nSPS) is 18.1. The lowest BCUT2D eigenvalue weighted by molar-refractivity contribution is -0.274. The summed E-state index contributed by atoms with van der Waals surface area (Å²) in [6.45, 7) is 0. The largest absolute Gasteiger partial charge is 0.679 e. The van der Waals surface area contributed by atoms with Gasteiger partial charge in [0.25, 0.3) is 0 Å². The molecule has 0 saturated carbocycles. The number of halogens is 3. The van der Waals surface area contributed by atoms with Crippen LogP contribution in [0.15, 0.2) is 47.6 Å². The third-order valence-corrected chi connectivity index (χ3v) is 2.79. The summed E-state index contributed by atoms with van der Waals surface area (Å²) >= 11 is 0. The number of amidine groups is 1. The Labute approximate surface area is 128 Å². The number of alkyl halides is 3. The molecule has 1 unspecified atom stereocenters. The van der Waals surface area contributed by atoms with Crippen molar-refractivity contribution < 1.29 is 27.8 Å². The summed E-state index contributed by atoms with van der Waals surface area (Å²) in [7, 11) is 0. The monoisotopic (exact) mass is 326 g/mol. The second-order valence-electron chi connectivity index (χ2n) is 4.39. The molecule has 1 amide bonds. The number of carboxylic acid groups (broad SMARTS) is 1. The van der Waals surface area contributed by atoms with Gasteiger partial charge >= 0.3 is 12.5 Å². The van der Waals surface area contributed by atoms with E-state index in [-0.39, 0.29) is 17.1 Å². The van der Waals surface area contributed by atoms with Crippen LogP contribution in [0.5, 0.6) is 5.75 Å². The van der Waals surface area contributed by atoms with Crippen LogP contribution in [0.4, 0.5) is 18.0 Å². The van der Waals surface area contributed by atoms with E-state index in [4.69, 9.17) is 10.8 Å². The van der Waals surface area contributed by atoms with Crippen LogP contribution in [0.3, 0.4) is 0 Å². The van der Waals surface area contributed by atoms with Gasteiger partial charge in [-0.2, -0.15) is 11.2 Å². The Morgan fingerprint density at radius 1 is 1.35 bits per heavy atom. The number of aliphatic imine (C=N–C) groups is 1. The van der Waals surface area contributed by atoms with Gasteiger partial charge in [-0.15, -0.1) is 13.2 Å². The first-order valence-electron chi connectivity index (χ1n) is 6.27. The maximum Gasteiger partial charge on any atom is 0.573 e. The van der Waals surface area contributed by atoms with E-state index >= 15 is 0 Å². The van der Waals surface area contributed by atoms with Gasteiger partial charge in [-0.05, 0) is 17.7 Å². The third kappa shape index (κ3) is 4.50. The predicted molar refractivity (Wildman–Crippen MR) is 77.0 cm³/mol. The molecule has 0 fully saturated rings. The molecule has 1 aliphatic heterocycles. The zero-order valence-electron chi connectivity index (χ0n) is 11.5. The van der Waals surface area contributed by atoms with Crippen LogP contribution in [0.2, 0.25) is 0 Å². The van der Waals surface area contributed by atoms with Gasteiger partial charge in [0.05, 0.1) is 5.84 Å². The minimum Gasteiger partial charge on any atom is -0.679 e. The van der Waals surface area contributed by atoms with E-state index in [1.54, 1.807) is 6.07 Å². The molecular weight excluding hydrogens is 315 g/mol. The summed E-state index contributed by atoms with van der Waals surface area (Å²) in [6.07, 6.45) is -2.14. The Bertz CT molecular complexity index is 696. The first kappa shape index (κ1) is 16.4. The highest BCUT2D eigenvalue weighted by Gasteiger charge is 2.32. The Morgan fingerprint density at radius 2 is 2.04 bits per heavy atom. The molecule has 2 rings (SSSR count). The number of hydrogen-bond donors (Lipinski definition) is 2. The molecule has 1 heterocycles. The Balaban J connectivity index is 2.36. The van der Waals surface area contributed by atoms with E-state index in [0.29, 0.717) is 5.57 Å². The fourth-order valence-electron chi connectivity index (χ4n) is 1.92. The number of nitrogens with two attached hydrogens (primary N) is 1. The second kappa shape index (κ2) is 6.42. The second-order valence-corrected chi connectivity index (χ2v) is 4.39. The van der Waals surface area contributed by atoms with Crippen LogP contribution in [0.1, 0.15) is 5.56 Å². The average molecular weight is 326 g/mol. The molecule has 1 atom stereocenters. The maximum atomic E-state index is 12.5. The minimum atomic E-state index is -4.83. The molecular formula is C14H11F3N3O3-. The van der Waals surface area contributed by atoms with Crippen molar-refractivity contribution in [1.29, 1.82) is 0 Å². The Morgan fingerprint density at radius 3 is 2.70 bits per heavy atom. The van der Waals surface area contributed by atoms with Crippen LogP contribution in [0, 0.1) is 0 Å². The van der Waals surface area contributed by atoms with E-state index in [1.807, 2.05) is 0 Å². The quantitative estimate of drug-likeness (QED) is 0.658. The van der Waals surface area contributed by atoms with Crippen molar-refractivity contribution in [2.24, 2.45) is 10.7 Å². The van der Waals surface area contributed by atoms with Crippen molar-refractivity contribution in [3.63, 3.8) is 0 Å². The third-order valence-electron chi connectivity index (χ3n) is 2.79. The number of rotatable bonds is 3. The summed E-state index contributed by atoms with van der Waals surface area (Å²) in [6, 6.07) is 4.67. The average Bonchev–Trinajstić information content (AvgIpc) is 2.45. The molecule has 0 spiro atoms. The zero-order valence-corrected chi connectivity index (χ0v) is 11.5. The molecule has 1 aromatic carbocycles. The first-order valence-corrected chi connectivity index (χ1v) is 6.27. The molecule has 0 bridgehead atoms.